The van der Waals surface area contributed by atoms with Crippen LogP contribution in [-0.4, -0.2) is 34.2 Å². The molecule has 0 radical (unpaired) electrons. The summed E-state index contributed by atoms with van der Waals surface area (Å²) in [5.74, 6) is 0.0760. The molecule has 110 valence electrons. The van der Waals surface area contributed by atoms with Crippen LogP contribution in [0.2, 0.25) is 0 Å². The molecule has 1 saturated heterocycles. The van der Waals surface area contributed by atoms with Crippen molar-refractivity contribution in [2.75, 3.05) is 13.1 Å². The Hall–Kier alpha value is -1.55. The monoisotopic (exact) mass is 277 g/mol. The molecule has 0 saturated carbocycles. The van der Waals surface area contributed by atoms with Gasteiger partial charge in [0.15, 0.2) is 0 Å². The highest BCUT2D eigenvalue weighted by atomic mass is 16.4. The number of benzene rings is 1. The van der Waals surface area contributed by atoms with E-state index in [0.29, 0.717) is 17.7 Å². The van der Waals surface area contributed by atoms with Crippen molar-refractivity contribution in [3.63, 3.8) is 0 Å². The van der Waals surface area contributed by atoms with E-state index in [0.717, 1.165) is 32.4 Å². The van der Waals surface area contributed by atoms with Gasteiger partial charge >= 0.3 is 5.97 Å². The summed E-state index contributed by atoms with van der Waals surface area (Å²) >= 11 is 0. The first-order valence-corrected chi connectivity index (χ1v) is 7.31. The predicted molar refractivity (Wildman–Crippen MR) is 77.7 cm³/mol. The second-order valence-electron chi connectivity index (χ2n) is 5.70. The van der Waals surface area contributed by atoms with Crippen molar-refractivity contribution in [3.8, 4) is 5.75 Å². The summed E-state index contributed by atoms with van der Waals surface area (Å²) in [6, 6.07) is 7.67. The van der Waals surface area contributed by atoms with Crippen molar-refractivity contribution in [1.29, 1.82) is 0 Å². The molecule has 1 aromatic carbocycles. The Morgan fingerprint density at radius 2 is 2.10 bits per heavy atom. The zero-order chi connectivity index (χ0) is 14.5. The normalized spacial score (nSPS) is 21.6. The number of carboxylic acid groups (broad SMARTS) is 1. The van der Waals surface area contributed by atoms with E-state index in [2.05, 4.69) is 11.8 Å². The number of hydrogen-bond acceptors (Lipinski definition) is 3. The molecule has 20 heavy (non-hydrogen) atoms. The summed E-state index contributed by atoms with van der Waals surface area (Å²) in [7, 11) is 0. The van der Waals surface area contributed by atoms with Crippen molar-refractivity contribution >= 4 is 5.97 Å². The lowest BCUT2D eigenvalue weighted by atomic mass is 9.91. The highest BCUT2D eigenvalue weighted by molar-refractivity contribution is 5.66. The number of likely N-dealkylation sites (tertiary alicyclic amines) is 1. The second kappa shape index (κ2) is 6.75. The SMILES string of the molecule is CC(c1ccc(O)cc1)N1CCCC(CCC(=O)O)C1. The van der Waals surface area contributed by atoms with Crippen LogP contribution in [0, 0.1) is 5.92 Å². The molecule has 2 atom stereocenters. The fraction of sp³-hybridized carbons (Fsp3) is 0.562. The molecule has 1 aromatic rings. The molecule has 4 heteroatoms. The number of phenols is 1. The standard InChI is InChI=1S/C16H23NO3/c1-12(14-5-7-15(18)8-6-14)17-10-2-3-13(11-17)4-9-16(19)20/h5-8,12-13,18H,2-4,9-11H2,1H3,(H,19,20). The van der Waals surface area contributed by atoms with Gasteiger partial charge in [-0.1, -0.05) is 12.1 Å². The Kier molecular flexibility index (Phi) is 5.01. The molecule has 2 N–H and O–H groups in total. The highest BCUT2D eigenvalue weighted by Crippen LogP contribution is 2.29. The van der Waals surface area contributed by atoms with Crippen LogP contribution in [0.1, 0.15) is 44.2 Å². The lowest BCUT2D eigenvalue weighted by molar-refractivity contribution is -0.137. The summed E-state index contributed by atoms with van der Waals surface area (Å²) in [6.07, 6.45) is 3.30. The minimum absolute atomic E-state index is 0.270. The summed E-state index contributed by atoms with van der Waals surface area (Å²) in [6.45, 7) is 4.20. The van der Waals surface area contributed by atoms with E-state index in [1.807, 2.05) is 12.1 Å². The van der Waals surface area contributed by atoms with E-state index in [1.165, 1.54) is 5.56 Å². The number of nitrogens with zero attached hydrogens (tertiary/aromatic N) is 1. The first kappa shape index (κ1) is 14.9. The molecule has 4 nitrogen and oxygen atoms in total. The number of phenolic OH excluding ortho intramolecular Hbond substituents is 1. The molecule has 2 rings (SSSR count). The van der Waals surface area contributed by atoms with Gasteiger partial charge in [0.05, 0.1) is 0 Å². The molecule has 1 fully saturated rings. The zero-order valence-electron chi connectivity index (χ0n) is 12.0. The van der Waals surface area contributed by atoms with Gasteiger partial charge < -0.3 is 10.2 Å². The van der Waals surface area contributed by atoms with Crippen molar-refractivity contribution in [2.45, 2.75) is 38.6 Å². The smallest absolute Gasteiger partial charge is 0.303 e. The van der Waals surface area contributed by atoms with Gasteiger partial charge in [-0.15, -0.1) is 0 Å². The Morgan fingerprint density at radius 3 is 2.75 bits per heavy atom. The minimum Gasteiger partial charge on any atom is -0.508 e. The van der Waals surface area contributed by atoms with Crippen LogP contribution in [0.15, 0.2) is 24.3 Å². The molecule has 0 bridgehead atoms. The first-order valence-electron chi connectivity index (χ1n) is 7.31. The lowest BCUT2D eigenvalue weighted by Crippen LogP contribution is -2.37. The quantitative estimate of drug-likeness (QED) is 0.868. The van der Waals surface area contributed by atoms with Crippen LogP contribution in [0.3, 0.4) is 0 Å². The van der Waals surface area contributed by atoms with Gasteiger partial charge in [0.2, 0.25) is 0 Å². The fourth-order valence-corrected chi connectivity index (χ4v) is 2.98. The van der Waals surface area contributed by atoms with Gasteiger partial charge in [0.1, 0.15) is 5.75 Å². The number of hydrogen-bond donors (Lipinski definition) is 2. The number of aromatic hydroxyl groups is 1. The number of carbonyl (C=O) groups is 1. The van der Waals surface area contributed by atoms with Crippen LogP contribution in [0.5, 0.6) is 5.75 Å². The summed E-state index contributed by atoms with van der Waals surface area (Å²) in [5.41, 5.74) is 1.20. The Bertz CT molecular complexity index is 444. The van der Waals surface area contributed by atoms with Crippen molar-refractivity contribution in [2.24, 2.45) is 5.92 Å². The fourth-order valence-electron chi connectivity index (χ4n) is 2.98. The average molecular weight is 277 g/mol. The summed E-state index contributed by atoms with van der Waals surface area (Å²) in [5, 5.41) is 18.1. The van der Waals surface area contributed by atoms with E-state index in [-0.39, 0.29) is 6.42 Å². The maximum atomic E-state index is 10.7. The van der Waals surface area contributed by atoms with Gasteiger partial charge in [0.25, 0.3) is 0 Å². The maximum absolute atomic E-state index is 10.7. The molecular formula is C16H23NO3. The predicted octanol–water partition coefficient (Wildman–Crippen LogP) is 3.03. The van der Waals surface area contributed by atoms with Crippen LogP contribution in [-0.2, 0) is 4.79 Å². The summed E-state index contributed by atoms with van der Waals surface area (Å²) < 4.78 is 0. The Morgan fingerprint density at radius 1 is 1.40 bits per heavy atom. The van der Waals surface area contributed by atoms with Crippen LogP contribution in [0.25, 0.3) is 0 Å². The Labute approximate surface area is 120 Å². The highest BCUT2D eigenvalue weighted by Gasteiger charge is 2.24. The van der Waals surface area contributed by atoms with Gasteiger partial charge in [-0.25, -0.2) is 0 Å². The van der Waals surface area contributed by atoms with Crippen LogP contribution < -0.4 is 0 Å². The molecule has 1 aliphatic rings. The third kappa shape index (κ3) is 3.97. The topological polar surface area (TPSA) is 60.8 Å². The van der Waals surface area contributed by atoms with E-state index in [4.69, 9.17) is 5.11 Å². The van der Waals surface area contributed by atoms with Gasteiger partial charge in [0, 0.05) is 19.0 Å². The van der Waals surface area contributed by atoms with Crippen LogP contribution >= 0.6 is 0 Å². The Balaban J connectivity index is 1.94. The van der Waals surface area contributed by atoms with E-state index < -0.39 is 5.97 Å². The lowest BCUT2D eigenvalue weighted by Gasteiger charge is -2.37. The molecule has 1 aliphatic heterocycles. The van der Waals surface area contributed by atoms with E-state index in [1.54, 1.807) is 12.1 Å². The van der Waals surface area contributed by atoms with Gasteiger partial charge in [-0.2, -0.15) is 0 Å². The molecular weight excluding hydrogens is 254 g/mol. The minimum atomic E-state index is -0.700. The molecule has 1 heterocycles. The summed E-state index contributed by atoms with van der Waals surface area (Å²) in [4.78, 5) is 13.1. The van der Waals surface area contributed by atoms with Crippen molar-refractivity contribution in [1.82, 2.24) is 4.90 Å². The van der Waals surface area contributed by atoms with Crippen LogP contribution in [0.4, 0.5) is 0 Å². The average Bonchev–Trinajstić information content (AvgIpc) is 2.45. The first-order chi connectivity index (χ1) is 9.56. The number of rotatable bonds is 5. The maximum Gasteiger partial charge on any atom is 0.303 e. The number of piperidine rings is 1. The van der Waals surface area contributed by atoms with E-state index >= 15 is 0 Å². The number of aliphatic carboxylic acids is 1. The molecule has 0 aromatic heterocycles. The molecule has 0 spiro atoms. The zero-order valence-corrected chi connectivity index (χ0v) is 12.0. The van der Waals surface area contributed by atoms with Gasteiger partial charge in [-0.05, 0) is 56.3 Å². The second-order valence-corrected chi connectivity index (χ2v) is 5.70. The van der Waals surface area contributed by atoms with Crippen molar-refractivity contribution < 1.29 is 15.0 Å². The largest absolute Gasteiger partial charge is 0.508 e. The third-order valence-corrected chi connectivity index (χ3v) is 4.24. The molecule has 0 amide bonds. The number of carboxylic acids is 1. The van der Waals surface area contributed by atoms with E-state index in [9.17, 15) is 9.90 Å². The van der Waals surface area contributed by atoms with Crippen molar-refractivity contribution in [3.05, 3.63) is 29.8 Å². The third-order valence-electron chi connectivity index (χ3n) is 4.24. The molecule has 0 aliphatic carbocycles. The van der Waals surface area contributed by atoms with Gasteiger partial charge in [-0.3, -0.25) is 9.69 Å². The molecule has 2 unspecified atom stereocenters.